The van der Waals surface area contributed by atoms with Crippen LogP contribution in [0.1, 0.15) is 13.8 Å². The van der Waals surface area contributed by atoms with Crippen molar-refractivity contribution in [2.45, 2.75) is 25.7 Å². The van der Waals surface area contributed by atoms with E-state index in [0.717, 1.165) is 0 Å². The van der Waals surface area contributed by atoms with Crippen molar-refractivity contribution < 1.29 is 24.1 Å². The molecular formula is C8H14O5. The van der Waals surface area contributed by atoms with Crippen molar-refractivity contribution in [3.8, 4) is 0 Å². The first-order valence-corrected chi connectivity index (χ1v) is 4.11. The topological polar surface area (TPSA) is 65.0 Å². The van der Waals surface area contributed by atoms with E-state index >= 15 is 0 Å². The number of aliphatic carboxylic acids is 1. The lowest BCUT2D eigenvalue weighted by atomic mass is 10.4. The third-order valence-electron chi connectivity index (χ3n) is 1.60. The summed E-state index contributed by atoms with van der Waals surface area (Å²) in [5.74, 6) is -1.55. The highest BCUT2D eigenvalue weighted by Gasteiger charge is 2.32. The summed E-state index contributed by atoms with van der Waals surface area (Å²) in [5, 5.41) is 8.29. The Labute approximate surface area is 76.6 Å². The zero-order valence-corrected chi connectivity index (χ0v) is 7.78. The molecule has 0 aromatic rings. The Balaban J connectivity index is 2.14. The fourth-order valence-electron chi connectivity index (χ4n) is 1.12. The molecule has 1 N–H and O–H groups in total. The molecule has 1 saturated heterocycles. The van der Waals surface area contributed by atoms with E-state index in [2.05, 4.69) is 0 Å². The van der Waals surface area contributed by atoms with E-state index in [1.807, 2.05) is 13.8 Å². The molecule has 0 aliphatic carbocycles. The number of hydrogen-bond acceptors (Lipinski definition) is 4. The smallest absolute Gasteiger partial charge is 0.329 e. The van der Waals surface area contributed by atoms with E-state index in [9.17, 15) is 4.79 Å². The highest BCUT2D eigenvalue weighted by Crippen LogP contribution is 2.22. The molecule has 1 aliphatic heterocycles. The molecule has 1 aliphatic rings. The van der Waals surface area contributed by atoms with E-state index in [1.54, 1.807) is 0 Å². The Morgan fingerprint density at radius 2 is 2.38 bits per heavy atom. The molecule has 1 rings (SSSR count). The normalized spacial score (nSPS) is 26.2. The minimum Gasteiger partial charge on any atom is -0.480 e. The van der Waals surface area contributed by atoms with Gasteiger partial charge in [-0.25, -0.2) is 4.79 Å². The molecular weight excluding hydrogens is 176 g/mol. The van der Waals surface area contributed by atoms with Crippen molar-refractivity contribution in [3.63, 3.8) is 0 Å². The van der Waals surface area contributed by atoms with Gasteiger partial charge in [-0.05, 0) is 13.8 Å². The van der Waals surface area contributed by atoms with Crippen LogP contribution in [-0.2, 0) is 19.0 Å². The predicted molar refractivity (Wildman–Crippen MR) is 43.4 cm³/mol. The van der Waals surface area contributed by atoms with E-state index in [4.69, 9.17) is 19.3 Å². The number of rotatable bonds is 4. The average Bonchev–Trinajstić information content (AvgIpc) is 2.29. The maximum atomic E-state index is 10.1. The summed E-state index contributed by atoms with van der Waals surface area (Å²) in [6, 6.07) is 0. The summed E-state index contributed by atoms with van der Waals surface area (Å²) in [5.41, 5.74) is 0. The maximum Gasteiger partial charge on any atom is 0.329 e. The molecule has 0 aromatic heterocycles. The minimum atomic E-state index is -0.974. The molecule has 13 heavy (non-hydrogen) atoms. The van der Waals surface area contributed by atoms with Gasteiger partial charge in [0.05, 0.1) is 13.2 Å². The number of carboxylic acid groups (broad SMARTS) is 1. The fourth-order valence-corrected chi connectivity index (χ4v) is 1.12. The summed E-state index contributed by atoms with van der Waals surface area (Å²) < 4.78 is 15.5. The van der Waals surface area contributed by atoms with Crippen molar-refractivity contribution in [2.24, 2.45) is 0 Å². The van der Waals surface area contributed by atoms with Gasteiger partial charge in [0.1, 0.15) is 12.7 Å². The summed E-state index contributed by atoms with van der Waals surface area (Å²) in [6.45, 7) is 4.04. The molecule has 5 heteroatoms. The van der Waals surface area contributed by atoms with Crippen molar-refractivity contribution in [1.29, 1.82) is 0 Å². The molecule has 76 valence electrons. The zero-order chi connectivity index (χ0) is 9.90. The van der Waals surface area contributed by atoms with Crippen LogP contribution in [0.5, 0.6) is 0 Å². The van der Waals surface area contributed by atoms with Gasteiger partial charge in [-0.2, -0.15) is 0 Å². The van der Waals surface area contributed by atoms with Crippen LogP contribution in [0.2, 0.25) is 0 Å². The van der Waals surface area contributed by atoms with Gasteiger partial charge in [-0.3, -0.25) is 0 Å². The van der Waals surface area contributed by atoms with Crippen LogP contribution >= 0.6 is 0 Å². The van der Waals surface area contributed by atoms with Crippen molar-refractivity contribution in [2.75, 3.05) is 19.8 Å². The van der Waals surface area contributed by atoms with Crippen LogP contribution in [0.15, 0.2) is 0 Å². The number of carbonyl (C=O) groups is 1. The van der Waals surface area contributed by atoms with Gasteiger partial charge in [-0.1, -0.05) is 0 Å². The van der Waals surface area contributed by atoms with Gasteiger partial charge in [-0.15, -0.1) is 0 Å². The predicted octanol–water partition coefficient (Wildman–Crippen LogP) is 0.239. The SMILES string of the molecule is CC1(C)OC[C@@H](COCC(=O)O)O1. The number of carboxylic acids is 1. The van der Waals surface area contributed by atoms with E-state index in [-0.39, 0.29) is 19.3 Å². The third kappa shape index (κ3) is 3.71. The summed E-state index contributed by atoms with van der Waals surface area (Å²) in [6.07, 6.45) is -0.158. The van der Waals surface area contributed by atoms with E-state index in [1.165, 1.54) is 0 Å². The molecule has 0 radical (unpaired) electrons. The molecule has 0 amide bonds. The van der Waals surface area contributed by atoms with Gasteiger partial charge in [0, 0.05) is 0 Å². The second-order valence-corrected chi connectivity index (χ2v) is 3.36. The Morgan fingerprint density at radius 1 is 1.69 bits per heavy atom. The summed E-state index contributed by atoms with van der Waals surface area (Å²) in [4.78, 5) is 10.1. The Bertz CT molecular complexity index is 189. The first-order valence-electron chi connectivity index (χ1n) is 4.11. The van der Waals surface area contributed by atoms with Crippen LogP contribution in [0.3, 0.4) is 0 Å². The molecule has 0 bridgehead atoms. The van der Waals surface area contributed by atoms with Gasteiger partial charge in [0.15, 0.2) is 5.79 Å². The highest BCUT2D eigenvalue weighted by molar-refractivity contribution is 5.67. The van der Waals surface area contributed by atoms with E-state index in [0.29, 0.717) is 6.61 Å². The van der Waals surface area contributed by atoms with Crippen LogP contribution in [-0.4, -0.2) is 42.8 Å². The second kappa shape index (κ2) is 4.04. The summed E-state index contributed by atoms with van der Waals surface area (Å²) in [7, 11) is 0. The van der Waals surface area contributed by atoms with Crippen LogP contribution < -0.4 is 0 Å². The molecule has 0 spiro atoms. The molecule has 1 heterocycles. The Hall–Kier alpha value is -0.650. The van der Waals surface area contributed by atoms with Gasteiger partial charge in [0.2, 0.25) is 0 Å². The lowest BCUT2D eigenvalue weighted by molar-refractivity contribution is -0.151. The van der Waals surface area contributed by atoms with Gasteiger partial charge < -0.3 is 19.3 Å². The molecule has 0 aromatic carbocycles. The first-order chi connectivity index (χ1) is 5.99. The molecule has 0 unspecified atom stereocenters. The highest BCUT2D eigenvalue weighted by atomic mass is 16.7. The van der Waals surface area contributed by atoms with Crippen LogP contribution in [0.25, 0.3) is 0 Å². The first kappa shape index (κ1) is 10.4. The monoisotopic (exact) mass is 190 g/mol. The zero-order valence-electron chi connectivity index (χ0n) is 7.78. The standard InChI is InChI=1S/C8H14O5/c1-8(2)12-4-6(13-8)3-11-5-7(9)10/h6H,3-5H2,1-2H3,(H,9,10)/t6-/m1/s1. The van der Waals surface area contributed by atoms with Crippen molar-refractivity contribution in [1.82, 2.24) is 0 Å². The fraction of sp³-hybridized carbons (Fsp3) is 0.875. The van der Waals surface area contributed by atoms with Crippen LogP contribution in [0.4, 0.5) is 0 Å². The quantitative estimate of drug-likeness (QED) is 0.687. The van der Waals surface area contributed by atoms with E-state index < -0.39 is 11.8 Å². The molecule has 1 fully saturated rings. The molecule has 1 atom stereocenters. The number of ether oxygens (including phenoxy) is 3. The summed E-state index contributed by atoms with van der Waals surface area (Å²) >= 11 is 0. The Kier molecular flexibility index (Phi) is 3.24. The third-order valence-corrected chi connectivity index (χ3v) is 1.60. The lowest BCUT2D eigenvalue weighted by Crippen LogP contribution is -2.25. The lowest BCUT2D eigenvalue weighted by Gasteiger charge is -2.16. The van der Waals surface area contributed by atoms with Crippen LogP contribution in [0, 0.1) is 0 Å². The van der Waals surface area contributed by atoms with Crippen molar-refractivity contribution in [3.05, 3.63) is 0 Å². The average molecular weight is 190 g/mol. The van der Waals surface area contributed by atoms with Gasteiger partial charge in [0.25, 0.3) is 0 Å². The van der Waals surface area contributed by atoms with Crippen molar-refractivity contribution >= 4 is 5.97 Å². The Morgan fingerprint density at radius 3 is 2.85 bits per heavy atom. The molecule has 5 nitrogen and oxygen atoms in total. The maximum absolute atomic E-state index is 10.1. The largest absolute Gasteiger partial charge is 0.480 e. The second-order valence-electron chi connectivity index (χ2n) is 3.36. The van der Waals surface area contributed by atoms with Gasteiger partial charge >= 0.3 is 5.97 Å². The minimum absolute atomic E-state index is 0.158. The molecule has 0 saturated carbocycles. The number of hydrogen-bond donors (Lipinski definition) is 1.